The maximum atomic E-state index is 12.2. The average Bonchev–Trinajstić information content (AvgIpc) is 2.43. The first-order valence-electron chi connectivity index (χ1n) is 6.26. The van der Waals surface area contributed by atoms with Gasteiger partial charge in [0, 0.05) is 0 Å². The summed E-state index contributed by atoms with van der Waals surface area (Å²) >= 11 is 0. The molecule has 0 saturated heterocycles. The molecule has 7 nitrogen and oxygen atoms in total. The quantitative estimate of drug-likeness (QED) is 0.688. The van der Waals surface area contributed by atoms with Crippen LogP contribution in [0.25, 0.3) is 0 Å². The summed E-state index contributed by atoms with van der Waals surface area (Å²) < 4.78 is 31.3. The van der Waals surface area contributed by atoms with Crippen LogP contribution < -0.4 is 10.5 Å². The molecule has 1 atom stereocenters. The van der Waals surface area contributed by atoms with E-state index in [1.807, 2.05) is 0 Å². The Morgan fingerprint density at radius 2 is 1.81 bits per heavy atom. The third-order valence-electron chi connectivity index (χ3n) is 2.61. The summed E-state index contributed by atoms with van der Waals surface area (Å²) in [5, 5.41) is 0. The third kappa shape index (κ3) is 5.16. The number of nitrogens with one attached hydrogen (secondary N) is 1. The molecule has 1 unspecified atom stereocenters. The van der Waals surface area contributed by atoms with Gasteiger partial charge in [-0.1, -0.05) is 32.0 Å². The number of carbonyl (C=O) groups excluding carboxylic acids is 2. The Labute approximate surface area is 123 Å². The number of rotatable bonds is 7. The van der Waals surface area contributed by atoms with Gasteiger partial charge in [-0.3, -0.25) is 9.59 Å². The van der Waals surface area contributed by atoms with Crippen LogP contribution in [0, 0.1) is 5.92 Å². The summed E-state index contributed by atoms with van der Waals surface area (Å²) in [5.74, 6) is -2.01. The molecule has 0 heterocycles. The molecule has 1 aromatic rings. The van der Waals surface area contributed by atoms with E-state index in [1.54, 1.807) is 32.0 Å². The van der Waals surface area contributed by atoms with Crippen LogP contribution in [0.5, 0.6) is 0 Å². The Morgan fingerprint density at radius 3 is 2.29 bits per heavy atom. The Hall–Kier alpha value is -1.93. The highest BCUT2D eigenvalue weighted by Gasteiger charge is 2.29. The van der Waals surface area contributed by atoms with E-state index >= 15 is 0 Å². The molecule has 0 aliphatic carbocycles. The first-order valence-corrected chi connectivity index (χ1v) is 7.74. The van der Waals surface area contributed by atoms with Crippen molar-refractivity contribution in [2.75, 3.05) is 6.61 Å². The lowest BCUT2D eigenvalue weighted by atomic mass is 10.1. The highest BCUT2D eigenvalue weighted by Crippen LogP contribution is 2.12. The Balaban J connectivity index is 2.88. The standard InChI is InChI=1S/C13H18N2O5S/c1-9(2)12(13(17)20-8-11(14)16)15-21(18,19)10-6-4-3-5-7-10/h3-7,9,12,15H,8H2,1-2H3,(H2,14,16). The second-order valence-electron chi connectivity index (χ2n) is 4.73. The van der Waals surface area contributed by atoms with Crippen molar-refractivity contribution in [2.24, 2.45) is 11.7 Å². The van der Waals surface area contributed by atoms with Gasteiger partial charge in [0.05, 0.1) is 4.90 Å². The molecular weight excluding hydrogens is 296 g/mol. The van der Waals surface area contributed by atoms with Crippen molar-refractivity contribution in [3.8, 4) is 0 Å². The van der Waals surface area contributed by atoms with Crippen LogP contribution in [0.1, 0.15) is 13.8 Å². The van der Waals surface area contributed by atoms with Gasteiger partial charge in [0.15, 0.2) is 6.61 Å². The molecule has 0 bridgehead atoms. The molecule has 3 N–H and O–H groups in total. The SMILES string of the molecule is CC(C)C(NS(=O)(=O)c1ccccc1)C(=O)OCC(N)=O. The zero-order valence-corrected chi connectivity index (χ0v) is 12.6. The Bertz CT molecular complexity index is 598. The number of hydrogen-bond donors (Lipinski definition) is 2. The number of primary amides is 1. The number of esters is 1. The second-order valence-corrected chi connectivity index (χ2v) is 6.44. The first kappa shape index (κ1) is 17.1. The molecule has 1 aromatic carbocycles. The molecule has 21 heavy (non-hydrogen) atoms. The minimum atomic E-state index is -3.86. The van der Waals surface area contributed by atoms with Gasteiger partial charge in [-0.05, 0) is 18.1 Å². The van der Waals surface area contributed by atoms with Crippen LogP contribution in [0.15, 0.2) is 35.2 Å². The predicted octanol–water partition coefficient (Wildman–Crippen LogP) is 0.0180. The fourth-order valence-corrected chi connectivity index (χ4v) is 2.88. The fourth-order valence-electron chi connectivity index (χ4n) is 1.52. The molecule has 8 heteroatoms. The van der Waals surface area contributed by atoms with E-state index in [0.29, 0.717) is 0 Å². The summed E-state index contributed by atoms with van der Waals surface area (Å²) in [4.78, 5) is 22.5. The molecule has 0 aliphatic rings. The van der Waals surface area contributed by atoms with E-state index in [-0.39, 0.29) is 10.8 Å². The summed E-state index contributed by atoms with van der Waals surface area (Å²) in [5.41, 5.74) is 4.88. The maximum absolute atomic E-state index is 12.2. The molecule has 0 fully saturated rings. The normalized spacial score (nSPS) is 12.9. The molecular formula is C13H18N2O5S. The zero-order chi connectivity index (χ0) is 16.0. The molecule has 0 aliphatic heterocycles. The van der Waals surface area contributed by atoms with Gasteiger partial charge in [0.1, 0.15) is 6.04 Å². The monoisotopic (exact) mass is 314 g/mol. The van der Waals surface area contributed by atoms with Gasteiger partial charge in [0.2, 0.25) is 10.0 Å². The molecule has 0 radical (unpaired) electrons. The molecule has 0 saturated carbocycles. The van der Waals surface area contributed by atoms with E-state index in [4.69, 9.17) is 5.73 Å². The van der Waals surface area contributed by atoms with Crippen LogP contribution in [0.4, 0.5) is 0 Å². The van der Waals surface area contributed by atoms with Crippen molar-refractivity contribution in [1.82, 2.24) is 4.72 Å². The van der Waals surface area contributed by atoms with Crippen LogP contribution in [0.2, 0.25) is 0 Å². The highest BCUT2D eigenvalue weighted by atomic mass is 32.2. The summed E-state index contributed by atoms with van der Waals surface area (Å²) in [6, 6.07) is 6.55. The van der Waals surface area contributed by atoms with Gasteiger partial charge in [-0.25, -0.2) is 8.42 Å². The van der Waals surface area contributed by atoms with Gasteiger partial charge < -0.3 is 10.5 Å². The number of sulfonamides is 1. The van der Waals surface area contributed by atoms with Gasteiger partial charge in [0.25, 0.3) is 5.91 Å². The number of ether oxygens (including phenoxy) is 1. The second kappa shape index (κ2) is 7.19. The first-order chi connectivity index (χ1) is 9.74. The van der Waals surface area contributed by atoms with Gasteiger partial charge >= 0.3 is 5.97 Å². The van der Waals surface area contributed by atoms with Crippen molar-refractivity contribution in [3.05, 3.63) is 30.3 Å². The van der Waals surface area contributed by atoms with Crippen molar-refractivity contribution in [1.29, 1.82) is 0 Å². The molecule has 0 spiro atoms. The Morgan fingerprint density at radius 1 is 1.24 bits per heavy atom. The summed E-state index contributed by atoms with van der Waals surface area (Å²) in [6.45, 7) is 2.72. The Kier molecular flexibility index (Phi) is 5.86. The van der Waals surface area contributed by atoms with Gasteiger partial charge in [-0.2, -0.15) is 4.72 Å². The van der Waals surface area contributed by atoms with Crippen molar-refractivity contribution < 1.29 is 22.7 Å². The maximum Gasteiger partial charge on any atom is 0.324 e. The van der Waals surface area contributed by atoms with E-state index in [1.165, 1.54) is 12.1 Å². The van der Waals surface area contributed by atoms with Crippen molar-refractivity contribution >= 4 is 21.9 Å². The van der Waals surface area contributed by atoms with Crippen LogP contribution in [-0.2, 0) is 24.3 Å². The smallest absolute Gasteiger partial charge is 0.324 e. The number of carbonyl (C=O) groups is 2. The third-order valence-corrected chi connectivity index (χ3v) is 4.07. The average molecular weight is 314 g/mol. The number of amides is 1. The lowest BCUT2D eigenvalue weighted by Crippen LogP contribution is -2.45. The summed E-state index contributed by atoms with van der Waals surface area (Å²) in [7, 11) is -3.86. The zero-order valence-electron chi connectivity index (χ0n) is 11.8. The molecule has 1 amide bonds. The van der Waals surface area contributed by atoms with Crippen molar-refractivity contribution in [2.45, 2.75) is 24.8 Å². The summed E-state index contributed by atoms with van der Waals surface area (Å²) in [6.07, 6.45) is 0. The number of nitrogens with two attached hydrogens (primary N) is 1. The van der Waals surface area contributed by atoms with E-state index in [2.05, 4.69) is 9.46 Å². The fraction of sp³-hybridized carbons (Fsp3) is 0.385. The predicted molar refractivity (Wildman–Crippen MR) is 75.5 cm³/mol. The molecule has 1 rings (SSSR count). The molecule has 0 aromatic heterocycles. The lowest BCUT2D eigenvalue weighted by Gasteiger charge is -2.20. The van der Waals surface area contributed by atoms with Crippen LogP contribution in [-0.4, -0.2) is 32.9 Å². The van der Waals surface area contributed by atoms with E-state index in [0.717, 1.165) is 0 Å². The van der Waals surface area contributed by atoms with Crippen LogP contribution in [0.3, 0.4) is 0 Å². The minimum absolute atomic E-state index is 0.0401. The topological polar surface area (TPSA) is 116 Å². The van der Waals surface area contributed by atoms with Gasteiger partial charge in [-0.15, -0.1) is 0 Å². The van der Waals surface area contributed by atoms with E-state index in [9.17, 15) is 18.0 Å². The highest BCUT2D eigenvalue weighted by molar-refractivity contribution is 7.89. The van der Waals surface area contributed by atoms with E-state index < -0.39 is 34.5 Å². The largest absolute Gasteiger partial charge is 0.454 e. The number of hydrogen-bond acceptors (Lipinski definition) is 5. The molecule has 116 valence electrons. The lowest BCUT2D eigenvalue weighted by molar-refractivity contribution is -0.150. The number of benzene rings is 1. The van der Waals surface area contributed by atoms with Crippen molar-refractivity contribution in [3.63, 3.8) is 0 Å². The minimum Gasteiger partial charge on any atom is -0.454 e. The van der Waals surface area contributed by atoms with Crippen LogP contribution >= 0.6 is 0 Å².